The van der Waals surface area contributed by atoms with Gasteiger partial charge in [-0.25, -0.2) is 8.42 Å². The second-order valence-electron chi connectivity index (χ2n) is 5.07. The molecular formula is C14H18ClNO5S. The molecule has 0 bridgehead atoms. The van der Waals surface area contributed by atoms with Gasteiger partial charge in [-0.05, 0) is 18.2 Å². The molecule has 2 atom stereocenters. The molecule has 122 valence electrons. The Hall–Kier alpha value is -1.31. The number of ketones is 1. The average Bonchev–Trinajstić information content (AvgIpc) is 2.76. The maximum Gasteiger partial charge on any atom is 0.176 e. The Labute approximate surface area is 134 Å². The number of benzene rings is 1. The van der Waals surface area contributed by atoms with Crippen molar-refractivity contribution in [2.24, 2.45) is 0 Å². The highest BCUT2D eigenvalue weighted by Crippen LogP contribution is 2.27. The van der Waals surface area contributed by atoms with Crippen molar-refractivity contribution in [3.8, 4) is 11.5 Å². The summed E-state index contributed by atoms with van der Waals surface area (Å²) < 4.78 is 33.2. The van der Waals surface area contributed by atoms with Crippen molar-refractivity contribution in [3.63, 3.8) is 0 Å². The van der Waals surface area contributed by atoms with Crippen molar-refractivity contribution in [2.45, 2.75) is 11.4 Å². The maximum atomic E-state index is 12.2. The van der Waals surface area contributed by atoms with E-state index >= 15 is 0 Å². The zero-order valence-corrected chi connectivity index (χ0v) is 13.9. The highest BCUT2D eigenvalue weighted by Gasteiger charge is 2.36. The molecule has 1 aliphatic heterocycles. The monoisotopic (exact) mass is 347 g/mol. The number of rotatable bonds is 6. The van der Waals surface area contributed by atoms with Crippen molar-refractivity contribution in [2.75, 3.05) is 32.3 Å². The molecule has 0 aliphatic carbocycles. The summed E-state index contributed by atoms with van der Waals surface area (Å²) in [6.07, 6.45) is 0. The Bertz CT molecular complexity index is 661. The van der Waals surface area contributed by atoms with Crippen molar-refractivity contribution in [1.82, 2.24) is 5.32 Å². The van der Waals surface area contributed by atoms with Gasteiger partial charge in [-0.15, -0.1) is 11.6 Å². The summed E-state index contributed by atoms with van der Waals surface area (Å²) in [5.41, 5.74) is 0.456. The average molecular weight is 348 g/mol. The molecule has 0 amide bonds. The number of Topliss-reactive ketones (excluding diaryl/α,β-unsaturated/α-hetero) is 1. The van der Waals surface area contributed by atoms with E-state index in [1.54, 1.807) is 18.2 Å². The lowest BCUT2D eigenvalue weighted by atomic mass is 10.1. The van der Waals surface area contributed by atoms with Gasteiger partial charge in [0.2, 0.25) is 0 Å². The summed E-state index contributed by atoms with van der Waals surface area (Å²) in [7, 11) is -0.111. The van der Waals surface area contributed by atoms with Crippen LogP contribution in [-0.4, -0.2) is 57.9 Å². The van der Waals surface area contributed by atoms with Crippen molar-refractivity contribution in [1.29, 1.82) is 0 Å². The maximum absolute atomic E-state index is 12.2. The van der Waals surface area contributed by atoms with Crippen LogP contribution in [0.3, 0.4) is 0 Å². The van der Waals surface area contributed by atoms with E-state index in [2.05, 4.69) is 5.32 Å². The number of hydrogen-bond donors (Lipinski definition) is 1. The third kappa shape index (κ3) is 3.91. The molecule has 0 radical (unpaired) electrons. The second-order valence-corrected chi connectivity index (χ2v) is 7.79. The molecule has 22 heavy (non-hydrogen) atoms. The van der Waals surface area contributed by atoms with Gasteiger partial charge < -0.3 is 14.8 Å². The van der Waals surface area contributed by atoms with Crippen LogP contribution in [0.1, 0.15) is 10.4 Å². The fraction of sp³-hybridized carbons (Fsp3) is 0.500. The molecule has 8 heteroatoms. The number of sulfone groups is 1. The number of ether oxygens (including phenoxy) is 2. The highest BCUT2D eigenvalue weighted by molar-refractivity contribution is 7.91. The lowest BCUT2D eigenvalue weighted by Crippen LogP contribution is -2.39. The number of nitrogens with one attached hydrogen (secondary N) is 1. The quantitative estimate of drug-likeness (QED) is 0.607. The zero-order valence-electron chi connectivity index (χ0n) is 12.3. The van der Waals surface area contributed by atoms with Crippen LogP contribution in [-0.2, 0) is 9.84 Å². The van der Waals surface area contributed by atoms with Gasteiger partial charge in [-0.3, -0.25) is 4.79 Å². The largest absolute Gasteiger partial charge is 0.493 e. The molecule has 1 aliphatic rings. The van der Waals surface area contributed by atoms with Gasteiger partial charge in [0.15, 0.2) is 27.1 Å². The predicted molar refractivity (Wildman–Crippen MR) is 84.0 cm³/mol. The summed E-state index contributed by atoms with van der Waals surface area (Å²) in [6, 6.07) is 4.47. The van der Waals surface area contributed by atoms with Crippen LogP contribution in [0.25, 0.3) is 0 Å². The molecule has 1 heterocycles. The Kier molecular flexibility index (Phi) is 5.31. The minimum Gasteiger partial charge on any atom is -0.493 e. The zero-order chi connectivity index (χ0) is 16.3. The summed E-state index contributed by atoms with van der Waals surface area (Å²) in [5.74, 6) is 0.729. The van der Waals surface area contributed by atoms with Gasteiger partial charge in [-0.2, -0.15) is 0 Å². The van der Waals surface area contributed by atoms with Crippen LogP contribution in [0.15, 0.2) is 18.2 Å². The lowest BCUT2D eigenvalue weighted by Gasteiger charge is -2.14. The van der Waals surface area contributed by atoms with Crippen LogP contribution in [0, 0.1) is 0 Å². The molecule has 6 nitrogen and oxygen atoms in total. The van der Waals surface area contributed by atoms with Crippen molar-refractivity contribution >= 4 is 27.2 Å². The fourth-order valence-electron chi connectivity index (χ4n) is 2.33. The van der Waals surface area contributed by atoms with Gasteiger partial charge in [0.1, 0.15) is 0 Å². The summed E-state index contributed by atoms with van der Waals surface area (Å²) in [4.78, 5) is 12.2. The summed E-state index contributed by atoms with van der Waals surface area (Å²) in [6.45, 7) is 0.0128. The molecule has 1 N–H and O–H groups in total. The van der Waals surface area contributed by atoms with Crippen LogP contribution in [0.4, 0.5) is 0 Å². The normalized spacial score (nSPS) is 23.2. The summed E-state index contributed by atoms with van der Waals surface area (Å²) in [5, 5.41) is 2.41. The van der Waals surface area contributed by atoms with Crippen molar-refractivity contribution in [3.05, 3.63) is 23.8 Å². The van der Waals surface area contributed by atoms with E-state index < -0.39 is 21.3 Å². The Morgan fingerprint density at radius 3 is 2.50 bits per heavy atom. The first-order chi connectivity index (χ1) is 10.4. The molecule has 1 aromatic rings. The number of hydrogen-bond acceptors (Lipinski definition) is 6. The molecule has 1 fully saturated rings. The first kappa shape index (κ1) is 17.1. The molecule has 0 saturated carbocycles. The number of alkyl halides is 1. The number of carbonyl (C=O) groups is 1. The van der Waals surface area contributed by atoms with E-state index in [-0.39, 0.29) is 23.8 Å². The fourth-order valence-corrected chi connectivity index (χ4v) is 4.94. The van der Waals surface area contributed by atoms with Crippen molar-refractivity contribution < 1.29 is 22.7 Å². The van der Waals surface area contributed by atoms with Gasteiger partial charge >= 0.3 is 0 Å². The minimum atomic E-state index is -3.12. The Morgan fingerprint density at radius 1 is 1.27 bits per heavy atom. The predicted octanol–water partition coefficient (Wildman–Crippen LogP) is 0.881. The van der Waals surface area contributed by atoms with Gasteiger partial charge in [0.05, 0.1) is 37.6 Å². The number of halogens is 1. The van der Waals surface area contributed by atoms with Crippen LogP contribution >= 0.6 is 11.6 Å². The number of carbonyl (C=O) groups excluding carboxylic acids is 1. The van der Waals surface area contributed by atoms with Gasteiger partial charge in [-0.1, -0.05) is 0 Å². The smallest absolute Gasteiger partial charge is 0.176 e. The minimum absolute atomic E-state index is 0.0128. The summed E-state index contributed by atoms with van der Waals surface area (Å²) >= 11 is 5.99. The molecule has 0 aromatic heterocycles. The Morgan fingerprint density at radius 2 is 1.95 bits per heavy atom. The Balaban J connectivity index is 2.01. The highest BCUT2D eigenvalue weighted by atomic mass is 35.5. The SMILES string of the molecule is COc1ccc(C(=O)CN[C@@H]2CS(=O)(=O)C[C@@H]2Cl)cc1OC. The standard InChI is InChI=1S/C14H18ClNO5S/c1-20-13-4-3-9(5-14(13)21-2)12(17)6-16-11-8-22(18,19)7-10(11)15/h3-5,10-11,16H,6-8H2,1-2H3/t10-,11+/m0/s1. The topological polar surface area (TPSA) is 81.7 Å². The van der Waals surface area contributed by atoms with E-state index in [0.29, 0.717) is 17.1 Å². The van der Waals surface area contributed by atoms with Gasteiger partial charge in [0, 0.05) is 11.6 Å². The molecular weight excluding hydrogens is 330 g/mol. The third-order valence-electron chi connectivity index (χ3n) is 3.51. The second kappa shape index (κ2) is 6.85. The molecule has 1 aromatic carbocycles. The van der Waals surface area contributed by atoms with E-state index in [1.165, 1.54) is 14.2 Å². The molecule has 1 saturated heterocycles. The van der Waals surface area contributed by atoms with E-state index in [1.807, 2.05) is 0 Å². The molecule has 0 spiro atoms. The number of methoxy groups -OCH3 is 2. The molecule has 2 rings (SSSR count). The van der Waals surface area contributed by atoms with Crippen LogP contribution in [0.5, 0.6) is 11.5 Å². The first-order valence-electron chi connectivity index (χ1n) is 6.69. The van der Waals surface area contributed by atoms with Crippen LogP contribution in [0.2, 0.25) is 0 Å². The van der Waals surface area contributed by atoms with E-state index in [9.17, 15) is 13.2 Å². The molecule has 0 unspecified atom stereocenters. The van der Waals surface area contributed by atoms with E-state index in [4.69, 9.17) is 21.1 Å². The van der Waals surface area contributed by atoms with Gasteiger partial charge in [0.25, 0.3) is 0 Å². The van der Waals surface area contributed by atoms with E-state index in [0.717, 1.165) is 0 Å². The first-order valence-corrected chi connectivity index (χ1v) is 8.95. The lowest BCUT2D eigenvalue weighted by molar-refractivity contribution is 0.0988. The third-order valence-corrected chi connectivity index (χ3v) is 5.89. The van der Waals surface area contributed by atoms with Crippen LogP contribution < -0.4 is 14.8 Å².